The molecule has 114 valence electrons. The summed E-state index contributed by atoms with van der Waals surface area (Å²) in [5, 5.41) is 11.3. The van der Waals surface area contributed by atoms with Crippen LogP contribution in [-0.2, 0) is 6.54 Å². The number of amides is 1. The summed E-state index contributed by atoms with van der Waals surface area (Å²) in [6.07, 6.45) is 0.000609. The zero-order chi connectivity index (χ0) is 14.8. The van der Waals surface area contributed by atoms with E-state index in [4.69, 9.17) is 5.11 Å². The molecule has 2 unspecified atom stereocenters. The van der Waals surface area contributed by atoms with Crippen molar-refractivity contribution in [3.63, 3.8) is 0 Å². The van der Waals surface area contributed by atoms with Gasteiger partial charge in [0.25, 0.3) is 0 Å². The fourth-order valence-electron chi connectivity index (χ4n) is 3.07. The largest absolute Gasteiger partial charge is 0.465 e. The van der Waals surface area contributed by atoms with Gasteiger partial charge in [-0.3, -0.25) is 4.90 Å². The summed E-state index contributed by atoms with van der Waals surface area (Å²) in [6.45, 7) is 5.49. The number of hydrogen-bond donors (Lipinski definition) is 2. The number of piperazine rings is 1. The van der Waals surface area contributed by atoms with Gasteiger partial charge in [-0.1, -0.05) is 24.3 Å². The minimum atomic E-state index is -0.920. The van der Waals surface area contributed by atoms with Gasteiger partial charge in [0.05, 0.1) is 0 Å². The Morgan fingerprint density at radius 3 is 2.81 bits per heavy atom. The van der Waals surface area contributed by atoms with Crippen molar-refractivity contribution in [3.05, 3.63) is 35.4 Å². The Morgan fingerprint density at radius 1 is 1.33 bits per heavy atom. The first-order chi connectivity index (χ1) is 10.1. The zero-order valence-electron chi connectivity index (χ0n) is 12.5. The number of carboxylic acid groups (broad SMARTS) is 1. The first-order valence-electron chi connectivity index (χ1n) is 7.61. The van der Waals surface area contributed by atoms with Crippen LogP contribution in [0.4, 0.5) is 4.79 Å². The lowest BCUT2D eigenvalue weighted by molar-refractivity contribution is 0.148. The average Bonchev–Trinajstić information content (AvgIpc) is 3.20. The lowest BCUT2D eigenvalue weighted by Crippen LogP contribution is -2.43. The summed E-state index contributed by atoms with van der Waals surface area (Å²) in [5.74, 6) is 0.355. The highest BCUT2D eigenvalue weighted by atomic mass is 16.4. The van der Waals surface area contributed by atoms with Gasteiger partial charge < -0.3 is 15.3 Å². The number of rotatable bonds is 4. The van der Waals surface area contributed by atoms with Crippen LogP contribution < -0.4 is 5.32 Å². The van der Waals surface area contributed by atoms with Crippen molar-refractivity contribution in [2.24, 2.45) is 0 Å². The molecule has 5 heteroatoms. The Morgan fingerprint density at radius 2 is 2.10 bits per heavy atom. The van der Waals surface area contributed by atoms with Crippen molar-refractivity contribution in [1.29, 1.82) is 0 Å². The van der Waals surface area contributed by atoms with E-state index in [2.05, 4.69) is 46.4 Å². The Balaban J connectivity index is 1.58. The molecule has 1 aliphatic heterocycles. The number of nitrogens with one attached hydrogen (secondary N) is 1. The molecule has 1 aliphatic carbocycles. The Hall–Kier alpha value is -1.59. The number of hydrogen-bond acceptors (Lipinski definition) is 3. The zero-order valence-corrected chi connectivity index (χ0v) is 12.5. The van der Waals surface area contributed by atoms with Crippen LogP contribution in [0.3, 0.4) is 0 Å². The maximum absolute atomic E-state index is 10.7. The Labute approximate surface area is 125 Å². The van der Waals surface area contributed by atoms with Crippen molar-refractivity contribution >= 4 is 6.09 Å². The van der Waals surface area contributed by atoms with E-state index >= 15 is 0 Å². The number of carbonyl (C=O) groups is 1. The molecule has 3 rings (SSSR count). The van der Waals surface area contributed by atoms with Crippen molar-refractivity contribution in [1.82, 2.24) is 15.1 Å². The molecule has 1 amide bonds. The molecule has 2 aliphatic rings. The van der Waals surface area contributed by atoms with Crippen LogP contribution in [0.1, 0.15) is 23.5 Å². The molecule has 0 radical (unpaired) electrons. The van der Waals surface area contributed by atoms with Crippen molar-refractivity contribution in [2.75, 3.05) is 33.2 Å². The molecule has 2 atom stereocenters. The molecule has 1 aromatic rings. The molecule has 5 nitrogen and oxygen atoms in total. The fraction of sp³-hybridized carbons (Fsp3) is 0.562. The fourth-order valence-corrected chi connectivity index (χ4v) is 3.07. The molecule has 2 N–H and O–H groups in total. The normalized spacial score (nSPS) is 26.5. The maximum atomic E-state index is 10.7. The average molecular weight is 289 g/mol. The highest BCUT2D eigenvalue weighted by Gasteiger charge is 2.39. The molecular formula is C16H23N3O2. The minimum Gasteiger partial charge on any atom is -0.465 e. The Kier molecular flexibility index (Phi) is 4.12. The predicted octanol–water partition coefficient (Wildman–Crippen LogP) is 1.56. The molecule has 1 saturated carbocycles. The second-order valence-corrected chi connectivity index (χ2v) is 6.22. The smallest absolute Gasteiger partial charge is 0.404 e. The van der Waals surface area contributed by atoms with Gasteiger partial charge in [0.1, 0.15) is 0 Å². The van der Waals surface area contributed by atoms with Crippen molar-refractivity contribution < 1.29 is 9.90 Å². The molecular weight excluding hydrogens is 266 g/mol. The maximum Gasteiger partial charge on any atom is 0.404 e. The van der Waals surface area contributed by atoms with Crippen LogP contribution in [-0.4, -0.2) is 60.3 Å². The van der Waals surface area contributed by atoms with Gasteiger partial charge in [0.15, 0.2) is 0 Å². The molecule has 0 spiro atoms. The summed E-state index contributed by atoms with van der Waals surface area (Å²) in [6, 6.07) is 8.72. The number of nitrogens with zero attached hydrogens (tertiary/aromatic N) is 2. The molecule has 1 aromatic carbocycles. The van der Waals surface area contributed by atoms with E-state index in [0.717, 1.165) is 39.1 Å². The number of likely N-dealkylation sites (N-methyl/N-ethyl adjacent to an activating group) is 1. The topological polar surface area (TPSA) is 55.8 Å². The van der Waals surface area contributed by atoms with E-state index in [1.807, 2.05) is 0 Å². The van der Waals surface area contributed by atoms with Crippen LogP contribution in [0.15, 0.2) is 24.3 Å². The summed E-state index contributed by atoms with van der Waals surface area (Å²) < 4.78 is 0. The van der Waals surface area contributed by atoms with Gasteiger partial charge in [-0.05, 0) is 24.6 Å². The van der Waals surface area contributed by atoms with Gasteiger partial charge in [-0.25, -0.2) is 4.79 Å². The highest BCUT2D eigenvalue weighted by Crippen LogP contribution is 2.41. The molecule has 1 heterocycles. The molecule has 21 heavy (non-hydrogen) atoms. The van der Waals surface area contributed by atoms with E-state index in [1.54, 1.807) is 0 Å². The van der Waals surface area contributed by atoms with E-state index in [0.29, 0.717) is 5.92 Å². The molecule has 0 aromatic heterocycles. The van der Waals surface area contributed by atoms with Crippen LogP contribution in [0, 0.1) is 0 Å². The quantitative estimate of drug-likeness (QED) is 0.883. The van der Waals surface area contributed by atoms with Gasteiger partial charge in [-0.15, -0.1) is 0 Å². The van der Waals surface area contributed by atoms with Crippen LogP contribution in [0.25, 0.3) is 0 Å². The Bertz CT molecular complexity index is 512. The summed E-state index contributed by atoms with van der Waals surface area (Å²) >= 11 is 0. The predicted molar refractivity (Wildman–Crippen MR) is 81.5 cm³/mol. The summed E-state index contributed by atoms with van der Waals surface area (Å²) in [7, 11) is 2.17. The van der Waals surface area contributed by atoms with E-state index in [9.17, 15) is 4.79 Å². The molecule has 0 bridgehead atoms. The van der Waals surface area contributed by atoms with Crippen LogP contribution in [0.5, 0.6) is 0 Å². The second kappa shape index (κ2) is 6.03. The van der Waals surface area contributed by atoms with Crippen LogP contribution >= 0.6 is 0 Å². The van der Waals surface area contributed by atoms with E-state index < -0.39 is 6.09 Å². The third-order valence-corrected chi connectivity index (χ3v) is 4.48. The third kappa shape index (κ3) is 3.74. The summed E-state index contributed by atoms with van der Waals surface area (Å²) in [4.78, 5) is 15.5. The number of benzene rings is 1. The third-order valence-electron chi connectivity index (χ3n) is 4.48. The van der Waals surface area contributed by atoms with Gasteiger partial charge in [-0.2, -0.15) is 0 Å². The monoisotopic (exact) mass is 289 g/mol. The SMILES string of the molecule is CN1CCN(Cc2cccc(C3CC3NC(=O)O)c2)CC1. The lowest BCUT2D eigenvalue weighted by atomic mass is 10.1. The lowest BCUT2D eigenvalue weighted by Gasteiger charge is -2.32. The van der Waals surface area contributed by atoms with Gasteiger partial charge in [0, 0.05) is 44.7 Å². The van der Waals surface area contributed by atoms with Crippen molar-refractivity contribution in [3.8, 4) is 0 Å². The van der Waals surface area contributed by atoms with Crippen molar-refractivity contribution in [2.45, 2.75) is 24.9 Å². The van der Waals surface area contributed by atoms with E-state index in [-0.39, 0.29) is 6.04 Å². The minimum absolute atomic E-state index is 0.0985. The van der Waals surface area contributed by atoms with Gasteiger partial charge in [0.2, 0.25) is 0 Å². The standard InChI is InChI=1S/C16H23N3O2/c1-18-5-7-19(8-6-18)11-12-3-2-4-13(9-12)14-10-15(14)17-16(20)21/h2-4,9,14-15,17H,5-8,10-11H2,1H3,(H,20,21). The second-order valence-electron chi connectivity index (χ2n) is 6.22. The van der Waals surface area contributed by atoms with Gasteiger partial charge >= 0.3 is 6.09 Å². The molecule has 1 saturated heterocycles. The molecule has 2 fully saturated rings. The summed E-state index contributed by atoms with van der Waals surface area (Å²) in [5.41, 5.74) is 2.60. The first kappa shape index (κ1) is 14.4. The first-order valence-corrected chi connectivity index (χ1v) is 7.61. The highest BCUT2D eigenvalue weighted by molar-refractivity contribution is 5.65. The van der Waals surface area contributed by atoms with E-state index in [1.165, 1.54) is 11.1 Å². The van der Waals surface area contributed by atoms with Crippen LogP contribution in [0.2, 0.25) is 0 Å².